The van der Waals surface area contributed by atoms with Gasteiger partial charge < -0.3 is 5.53 Å². The molecule has 1 aromatic carbocycles. The zero-order valence-corrected chi connectivity index (χ0v) is 8.14. The zero-order chi connectivity index (χ0) is 13.0. The quantitative estimate of drug-likeness (QED) is 0.191. The highest BCUT2D eigenvalue weighted by molar-refractivity contribution is 6.33. The van der Waals surface area contributed by atoms with Gasteiger partial charge in [-0.2, -0.15) is 4.79 Å². The van der Waals surface area contributed by atoms with Crippen molar-refractivity contribution in [3.8, 4) is 0 Å². The van der Waals surface area contributed by atoms with E-state index in [1.807, 2.05) is 0 Å². The molecule has 0 saturated heterocycles. The van der Waals surface area contributed by atoms with Crippen molar-refractivity contribution < 1.29 is 19.4 Å². The lowest BCUT2D eigenvalue weighted by Gasteiger charge is -1.95. The minimum absolute atomic E-state index is 0.302. The first-order valence-electron chi connectivity index (χ1n) is 4.11. The first-order chi connectivity index (χ1) is 7.95. The van der Waals surface area contributed by atoms with E-state index in [1.165, 1.54) is 0 Å². The molecule has 0 amide bonds. The molecule has 0 spiro atoms. The predicted octanol–water partition coefficient (Wildman–Crippen LogP) is 0.986. The Morgan fingerprint density at radius 3 is 2.00 bits per heavy atom. The third-order valence-corrected chi connectivity index (χ3v) is 1.78. The van der Waals surface area contributed by atoms with Gasteiger partial charge in [-0.3, -0.25) is 25.0 Å². The summed E-state index contributed by atoms with van der Waals surface area (Å²) in [5, 5.41) is 21.0. The molecule has 17 heavy (non-hydrogen) atoms. The van der Waals surface area contributed by atoms with Crippen LogP contribution >= 0.6 is 0 Å². The van der Waals surface area contributed by atoms with E-state index in [2.05, 4.69) is 4.79 Å². The maximum absolute atomic E-state index is 11.2. The number of ketones is 1. The lowest BCUT2D eigenvalue weighted by molar-refractivity contribution is -0.394. The number of non-ortho nitro benzene ring substituents is 2. The van der Waals surface area contributed by atoms with Crippen molar-refractivity contribution in [1.82, 2.24) is 0 Å². The number of nitro groups is 2. The fraction of sp³-hybridized carbons (Fsp3) is 0. The summed E-state index contributed by atoms with van der Waals surface area (Å²) in [4.78, 5) is 33.0. The Morgan fingerprint density at radius 1 is 1.18 bits per heavy atom. The van der Waals surface area contributed by atoms with Crippen LogP contribution in [0, 0.1) is 20.2 Å². The number of carbonyl (C=O) groups excluding carboxylic acids is 1. The number of nitro benzene ring substituents is 2. The van der Waals surface area contributed by atoms with Crippen molar-refractivity contribution in [2.75, 3.05) is 0 Å². The third kappa shape index (κ3) is 2.76. The van der Waals surface area contributed by atoms with Crippen LogP contribution in [-0.4, -0.2) is 26.6 Å². The molecule has 0 aliphatic carbocycles. The molecule has 0 aliphatic rings. The summed E-state index contributed by atoms with van der Waals surface area (Å²) in [5.74, 6) is -0.876. The van der Waals surface area contributed by atoms with Crippen LogP contribution in [-0.2, 0) is 0 Å². The SMILES string of the molecule is [N-]=[N+]=CC(=O)c1cc([N+](=O)[O-])cc([N+](=O)[O-])c1. The molecular weight excluding hydrogens is 232 g/mol. The Bertz CT molecular complexity index is 529. The van der Waals surface area contributed by atoms with Gasteiger partial charge in [0.15, 0.2) is 0 Å². The van der Waals surface area contributed by atoms with E-state index in [-0.39, 0.29) is 5.56 Å². The van der Waals surface area contributed by atoms with Crippen molar-refractivity contribution >= 4 is 23.4 Å². The van der Waals surface area contributed by atoms with E-state index in [1.54, 1.807) is 0 Å². The summed E-state index contributed by atoms with van der Waals surface area (Å²) in [6, 6.07) is 2.45. The van der Waals surface area contributed by atoms with Crippen LogP contribution in [0.15, 0.2) is 18.2 Å². The molecule has 0 atom stereocenters. The van der Waals surface area contributed by atoms with Crippen molar-refractivity contribution in [2.45, 2.75) is 0 Å². The van der Waals surface area contributed by atoms with E-state index in [0.717, 1.165) is 18.2 Å². The monoisotopic (exact) mass is 236 g/mol. The molecule has 0 radical (unpaired) electrons. The van der Waals surface area contributed by atoms with E-state index in [4.69, 9.17) is 5.53 Å². The Morgan fingerprint density at radius 2 is 1.65 bits per heavy atom. The van der Waals surface area contributed by atoms with Crippen molar-refractivity contribution in [3.63, 3.8) is 0 Å². The maximum Gasteiger partial charge on any atom is 0.328 e. The second kappa shape index (κ2) is 4.73. The molecule has 0 saturated carbocycles. The largest absolute Gasteiger partial charge is 0.361 e. The molecule has 9 nitrogen and oxygen atoms in total. The lowest BCUT2D eigenvalue weighted by atomic mass is 10.1. The summed E-state index contributed by atoms with van der Waals surface area (Å²) < 4.78 is 0. The molecule has 0 aliphatic heterocycles. The molecule has 0 aromatic heterocycles. The number of hydrogen-bond acceptors (Lipinski definition) is 5. The molecule has 0 N–H and O–H groups in total. The van der Waals surface area contributed by atoms with E-state index in [0.29, 0.717) is 6.21 Å². The van der Waals surface area contributed by atoms with Crippen LogP contribution in [0.2, 0.25) is 0 Å². The number of carbonyl (C=O) groups is 1. The number of benzene rings is 1. The fourth-order valence-corrected chi connectivity index (χ4v) is 1.08. The fourth-order valence-electron chi connectivity index (χ4n) is 1.08. The van der Waals surface area contributed by atoms with Crippen LogP contribution < -0.4 is 0 Å². The standard InChI is InChI=1S/C8H4N4O5/c9-10-4-8(13)5-1-6(11(14)15)3-7(2-5)12(16)17/h1-4H. The maximum atomic E-state index is 11.2. The number of rotatable bonds is 4. The molecule has 0 bridgehead atoms. The average Bonchev–Trinajstić information content (AvgIpc) is 2.28. The Hall–Kier alpha value is -2.93. The van der Waals surface area contributed by atoms with Gasteiger partial charge in [-0.25, -0.2) is 0 Å². The van der Waals surface area contributed by atoms with E-state index in [9.17, 15) is 25.0 Å². The summed E-state index contributed by atoms with van der Waals surface area (Å²) in [6.07, 6.45) is 0.489. The second-order valence-corrected chi connectivity index (χ2v) is 2.86. The van der Waals surface area contributed by atoms with Crippen LogP contribution in [0.25, 0.3) is 5.53 Å². The van der Waals surface area contributed by atoms with Gasteiger partial charge in [0.1, 0.15) is 0 Å². The number of Topliss-reactive ketones (excluding diaryl/α,β-unsaturated/α-hetero) is 1. The van der Waals surface area contributed by atoms with Gasteiger partial charge in [-0.1, -0.05) is 0 Å². The first kappa shape index (κ1) is 12.1. The molecule has 1 aromatic rings. The molecule has 0 heterocycles. The molecule has 0 fully saturated rings. The van der Waals surface area contributed by atoms with Crippen molar-refractivity contribution in [3.05, 3.63) is 49.5 Å². The van der Waals surface area contributed by atoms with Gasteiger partial charge in [0.25, 0.3) is 17.2 Å². The van der Waals surface area contributed by atoms with Crippen LogP contribution in [0.1, 0.15) is 10.4 Å². The Balaban J connectivity index is 3.40. The van der Waals surface area contributed by atoms with Gasteiger partial charge in [0.05, 0.1) is 15.9 Å². The third-order valence-electron chi connectivity index (χ3n) is 1.78. The highest BCUT2D eigenvalue weighted by Crippen LogP contribution is 2.22. The molecule has 1 rings (SSSR count). The number of nitrogens with zero attached hydrogens (tertiary/aromatic N) is 4. The smallest absolute Gasteiger partial charge is 0.328 e. The van der Waals surface area contributed by atoms with Gasteiger partial charge in [-0.05, 0) is 0 Å². The summed E-state index contributed by atoms with van der Waals surface area (Å²) in [6.45, 7) is 0. The number of hydrogen-bond donors (Lipinski definition) is 0. The topological polar surface area (TPSA) is 140 Å². The summed E-state index contributed by atoms with van der Waals surface area (Å²) in [5.41, 5.74) is 6.66. The Kier molecular flexibility index (Phi) is 3.38. The first-order valence-corrected chi connectivity index (χ1v) is 4.11. The summed E-state index contributed by atoms with van der Waals surface area (Å²) >= 11 is 0. The second-order valence-electron chi connectivity index (χ2n) is 2.86. The molecule has 0 unspecified atom stereocenters. The molecular formula is C8H4N4O5. The van der Waals surface area contributed by atoms with Crippen molar-refractivity contribution in [1.29, 1.82) is 0 Å². The Labute approximate surface area is 93.2 Å². The molecule has 86 valence electrons. The highest BCUT2D eigenvalue weighted by Gasteiger charge is 2.20. The minimum Gasteiger partial charge on any atom is -0.361 e. The minimum atomic E-state index is -0.876. The van der Waals surface area contributed by atoms with Gasteiger partial charge in [-0.15, -0.1) is 0 Å². The highest BCUT2D eigenvalue weighted by atomic mass is 16.6. The van der Waals surface area contributed by atoms with E-state index >= 15 is 0 Å². The van der Waals surface area contributed by atoms with Gasteiger partial charge >= 0.3 is 6.21 Å². The molecule has 9 heteroatoms. The van der Waals surface area contributed by atoms with Crippen LogP contribution in [0.3, 0.4) is 0 Å². The normalized spacial score (nSPS) is 9.18. The van der Waals surface area contributed by atoms with Gasteiger partial charge in [0, 0.05) is 17.7 Å². The van der Waals surface area contributed by atoms with Crippen LogP contribution in [0.4, 0.5) is 11.4 Å². The van der Waals surface area contributed by atoms with E-state index < -0.39 is 27.0 Å². The van der Waals surface area contributed by atoms with Crippen LogP contribution in [0.5, 0.6) is 0 Å². The zero-order valence-electron chi connectivity index (χ0n) is 8.14. The van der Waals surface area contributed by atoms with Crippen molar-refractivity contribution in [2.24, 2.45) is 0 Å². The van der Waals surface area contributed by atoms with Gasteiger partial charge in [0.2, 0.25) is 0 Å². The average molecular weight is 236 g/mol. The predicted molar refractivity (Wildman–Crippen MR) is 53.8 cm³/mol. The lowest BCUT2D eigenvalue weighted by Crippen LogP contribution is -2.03. The summed E-state index contributed by atoms with van der Waals surface area (Å²) in [7, 11) is 0.